The highest BCUT2D eigenvalue weighted by Crippen LogP contribution is 2.14. The van der Waals surface area contributed by atoms with Gasteiger partial charge in [-0.05, 0) is 43.2 Å². The van der Waals surface area contributed by atoms with Crippen molar-refractivity contribution in [3.05, 3.63) is 59.7 Å². The molecular weight excluding hydrogens is 339 g/mol. The molecule has 2 aromatic rings. The standard InChI is InChI=1S/C20H26ClFN2O/c1-3-4-5-11-24(20(25)16(2)21)15-19-10-7-12-23(19)14-17-8-6-9-18(22)13-17/h6-10,12-13,16H,3-5,11,14-15H2,1-2H3. The Bertz CT molecular complexity index is 684. The maximum absolute atomic E-state index is 13.4. The summed E-state index contributed by atoms with van der Waals surface area (Å²) in [5, 5.41) is -0.534. The molecule has 1 aromatic carbocycles. The summed E-state index contributed by atoms with van der Waals surface area (Å²) in [4.78, 5) is 14.2. The highest BCUT2D eigenvalue weighted by molar-refractivity contribution is 6.30. The van der Waals surface area contributed by atoms with E-state index < -0.39 is 5.38 Å². The van der Waals surface area contributed by atoms with Crippen LogP contribution in [0.1, 0.15) is 44.4 Å². The van der Waals surface area contributed by atoms with E-state index in [1.165, 1.54) is 12.1 Å². The van der Waals surface area contributed by atoms with Crippen molar-refractivity contribution >= 4 is 17.5 Å². The molecule has 0 saturated heterocycles. The fourth-order valence-corrected chi connectivity index (χ4v) is 2.98. The van der Waals surface area contributed by atoms with Crippen LogP contribution < -0.4 is 0 Å². The first-order valence-corrected chi connectivity index (χ1v) is 9.26. The molecule has 25 heavy (non-hydrogen) atoms. The van der Waals surface area contributed by atoms with Gasteiger partial charge in [-0.15, -0.1) is 11.6 Å². The zero-order valence-corrected chi connectivity index (χ0v) is 15.7. The number of halogens is 2. The van der Waals surface area contributed by atoms with Crippen LogP contribution in [0.3, 0.4) is 0 Å². The fraction of sp³-hybridized carbons (Fsp3) is 0.450. The molecule has 0 spiro atoms. The Morgan fingerprint density at radius 3 is 2.76 bits per heavy atom. The second kappa shape index (κ2) is 9.62. The van der Waals surface area contributed by atoms with E-state index in [1.807, 2.05) is 33.9 Å². The SMILES string of the molecule is CCCCCN(Cc1cccn1Cc1cccc(F)c1)C(=O)C(C)Cl. The van der Waals surface area contributed by atoms with Crippen LogP contribution in [0.5, 0.6) is 0 Å². The van der Waals surface area contributed by atoms with E-state index in [4.69, 9.17) is 11.6 Å². The summed E-state index contributed by atoms with van der Waals surface area (Å²) in [6.45, 7) is 5.65. The molecule has 0 aliphatic rings. The van der Waals surface area contributed by atoms with Crippen LogP contribution in [0.2, 0.25) is 0 Å². The average molecular weight is 365 g/mol. The molecule has 0 bridgehead atoms. The summed E-state index contributed by atoms with van der Waals surface area (Å²) in [5.74, 6) is -0.283. The molecule has 3 nitrogen and oxygen atoms in total. The lowest BCUT2D eigenvalue weighted by Gasteiger charge is -2.25. The minimum Gasteiger partial charge on any atom is -0.345 e. The highest BCUT2D eigenvalue weighted by atomic mass is 35.5. The molecule has 0 saturated carbocycles. The van der Waals surface area contributed by atoms with Crippen molar-refractivity contribution < 1.29 is 9.18 Å². The molecule has 1 heterocycles. The molecule has 136 valence electrons. The topological polar surface area (TPSA) is 25.2 Å². The maximum atomic E-state index is 13.4. The van der Waals surface area contributed by atoms with Crippen LogP contribution in [0.15, 0.2) is 42.6 Å². The van der Waals surface area contributed by atoms with E-state index in [0.29, 0.717) is 19.6 Å². The van der Waals surface area contributed by atoms with Gasteiger partial charge in [0.2, 0.25) is 5.91 Å². The van der Waals surface area contributed by atoms with Gasteiger partial charge in [-0.1, -0.05) is 31.9 Å². The highest BCUT2D eigenvalue weighted by Gasteiger charge is 2.19. The van der Waals surface area contributed by atoms with Crippen LogP contribution in [0.25, 0.3) is 0 Å². The van der Waals surface area contributed by atoms with E-state index in [9.17, 15) is 9.18 Å². The maximum Gasteiger partial charge on any atom is 0.240 e. The molecule has 0 radical (unpaired) electrons. The van der Waals surface area contributed by atoms with Gasteiger partial charge < -0.3 is 9.47 Å². The van der Waals surface area contributed by atoms with Crippen molar-refractivity contribution in [3.8, 4) is 0 Å². The zero-order valence-electron chi connectivity index (χ0n) is 14.9. The fourth-order valence-electron chi connectivity index (χ4n) is 2.85. The number of alkyl halides is 1. The van der Waals surface area contributed by atoms with E-state index >= 15 is 0 Å². The molecule has 1 aromatic heterocycles. The second-order valence-corrected chi connectivity index (χ2v) is 6.99. The molecule has 5 heteroatoms. The summed E-state index contributed by atoms with van der Waals surface area (Å²) >= 11 is 6.02. The van der Waals surface area contributed by atoms with E-state index in [-0.39, 0.29) is 11.7 Å². The number of benzene rings is 1. The number of hydrogen-bond donors (Lipinski definition) is 0. The van der Waals surface area contributed by atoms with Gasteiger partial charge in [0.25, 0.3) is 0 Å². The van der Waals surface area contributed by atoms with Gasteiger partial charge in [0, 0.05) is 25.0 Å². The summed E-state index contributed by atoms with van der Waals surface area (Å²) in [6.07, 6.45) is 5.12. The van der Waals surface area contributed by atoms with Crippen LogP contribution in [-0.4, -0.2) is 27.3 Å². The normalized spacial score (nSPS) is 12.2. The number of rotatable bonds is 9. The van der Waals surface area contributed by atoms with Gasteiger partial charge in [0.1, 0.15) is 11.2 Å². The van der Waals surface area contributed by atoms with Gasteiger partial charge in [0.05, 0.1) is 6.54 Å². The lowest BCUT2D eigenvalue weighted by atomic mass is 10.2. The summed E-state index contributed by atoms with van der Waals surface area (Å²) < 4.78 is 15.4. The van der Waals surface area contributed by atoms with Crippen molar-refractivity contribution in [2.24, 2.45) is 0 Å². The van der Waals surface area contributed by atoms with Crippen molar-refractivity contribution in [2.75, 3.05) is 6.54 Å². The minimum atomic E-state index is -0.534. The van der Waals surface area contributed by atoms with Crippen molar-refractivity contribution in [2.45, 2.75) is 51.6 Å². The second-order valence-electron chi connectivity index (χ2n) is 6.34. The Labute approximate surface area is 154 Å². The number of hydrogen-bond acceptors (Lipinski definition) is 1. The predicted octanol–water partition coefficient (Wildman–Crippen LogP) is 4.82. The van der Waals surface area contributed by atoms with Crippen molar-refractivity contribution in [3.63, 3.8) is 0 Å². The molecule has 1 amide bonds. The molecule has 0 N–H and O–H groups in total. The van der Waals surface area contributed by atoms with Crippen LogP contribution in [0.4, 0.5) is 4.39 Å². The van der Waals surface area contributed by atoms with Crippen LogP contribution >= 0.6 is 11.6 Å². The monoisotopic (exact) mass is 364 g/mol. The first-order valence-electron chi connectivity index (χ1n) is 8.82. The summed E-state index contributed by atoms with van der Waals surface area (Å²) in [5.41, 5.74) is 1.92. The van der Waals surface area contributed by atoms with Gasteiger partial charge in [0.15, 0.2) is 0 Å². The third kappa shape index (κ3) is 5.89. The Kier molecular flexibility index (Phi) is 7.51. The van der Waals surface area contributed by atoms with Crippen molar-refractivity contribution in [1.82, 2.24) is 9.47 Å². The van der Waals surface area contributed by atoms with Crippen LogP contribution in [-0.2, 0) is 17.9 Å². The number of aromatic nitrogens is 1. The first-order chi connectivity index (χ1) is 12.0. The quantitative estimate of drug-likeness (QED) is 0.462. The Morgan fingerprint density at radius 2 is 2.08 bits per heavy atom. The van der Waals surface area contributed by atoms with E-state index in [0.717, 1.165) is 30.5 Å². The first kappa shape index (κ1) is 19.5. The summed E-state index contributed by atoms with van der Waals surface area (Å²) in [7, 11) is 0. The van der Waals surface area contributed by atoms with Gasteiger partial charge in [-0.25, -0.2) is 4.39 Å². The molecule has 0 aliphatic heterocycles. The van der Waals surface area contributed by atoms with Gasteiger partial charge >= 0.3 is 0 Å². The Hall–Kier alpha value is -1.81. The van der Waals surface area contributed by atoms with Crippen LogP contribution in [0, 0.1) is 5.82 Å². The zero-order chi connectivity index (χ0) is 18.2. The number of carbonyl (C=O) groups is 1. The molecule has 1 atom stereocenters. The summed E-state index contributed by atoms with van der Waals surface area (Å²) in [6, 6.07) is 10.5. The molecule has 1 unspecified atom stereocenters. The largest absolute Gasteiger partial charge is 0.345 e. The Balaban J connectivity index is 2.11. The van der Waals surface area contributed by atoms with Gasteiger partial charge in [-0.2, -0.15) is 0 Å². The predicted molar refractivity (Wildman–Crippen MR) is 100 cm³/mol. The van der Waals surface area contributed by atoms with E-state index in [2.05, 4.69) is 6.92 Å². The molecule has 2 rings (SSSR count). The third-order valence-electron chi connectivity index (χ3n) is 4.20. The van der Waals surface area contributed by atoms with Gasteiger partial charge in [-0.3, -0.25) is 4.79 Å². The average Bonchev–Trinajstić information content (AvgIpc) is 3.00. The number of unbranched alkanes of at least 4 members (excludes halogenated alkanes) is 2. The molecule has 0 aliphatic carbocycles. The molecular formula is C20H26ClFN2O. The lowest BCUT2D eigenvalue weighted by molar-refractivity contribution is -0.131. The third-order valence-corrected chi connectivity index (χ3v) is 4.39. The number of amides is 1. The smallest absolute Gasteiger partial charge is 0.240 e. The Morgan fingerprint density at radius 1 is 1.28 bits per heavy atom. The lowest BCUT2D eigenvalue weighted by Crippen LogP contribution is -2.36. The number of carbonyl (C=O) groups excluding carboxylic acids is 1. The van der Waals surface area contributed by atoms with Crippen molar-refractivity contribution in [1.29, 1.82) is 0 Å². The molecule has 0 fully saturated rings. The number of nitrogens with zero attached hydrogens (tertiary/aromatic N) is 2. The van der Waals surface area contributed by atoms with E-state index in [1.54, 1.807) is 13.0 Å². The minimum absolute atomic E-state index is 0.0451.